The highest BCUT2D eigenvalue weighted by Crippen LogP contribution is 2.35. The lowest BCUT2D eigenvalue weighted by Gasteiger charge is -2.04. The standard InChI is InChI=1S/C17H11NO3/c19-17(20)14-9-21-16-12(4-1-5-13(14)16)10-3-2-6-15-11(10)7-8-18-15/h1-9,18H,(H,19,20). The number of benzene rings is 2. The zero-order valence-electron chi connectivity index (χ0n) is 11.0. The lowest BCUT2D eigenvalue weighted by atomic mass is 9.99. The number of carbonyl (C=O) groups is 1. The Morgan fingerprint density at radius 2 is 1.81 bits per heavy atom. The van der Waals surface area contributed by atoms with Crippen LogP contribution in [0.5, 0.6) is 0 Å². The second kappa shape index (κ2) is 4.24. The topological polar surface area (TPSA) is 66.2 Å². The van der Waals surface area contributed by atoms with Gasteiger partial charge in [-0.15, -0.1) is 0 Å². The van der Waals surface area contributed by atoms with Crippen LogP contribution in [0.15, 0.2) is 59.3 Å². The molecule has 4 rings (SSSR count). The van der Waals surface area contributed by atoms with Gasteiger partial charge in [0, 0.05) is 28.0 Å². The van der Waals surface area contributed by atoms with Crippen molar-refractivity contribution in [1.29, 1.82) is 0 Å². The number of carboxylic acids is 1. The van der Waals surface area contributed by atoms with Crippen LogP contribution in [-0.4, -0.2) is 16.1 Å². The van der Waals surface area contributed by atoms with E-state index in [0.29, 0.717) is 11.0 Å². The Kier molecular flexibility index (Phi) is 2.38. The Labute approximate surface area is 119 Å². The molecule has 0 radical (unpaired) electrons. The first kappa shape index (κ1) is 11.8. The van der Waals surface area contributed by atoms with Crippen molar-refractivity contribution in [2.75, 3.05) is 0 Å². The number of nitrogens with one attached hydrogen (secondary N) is 1. The first-order valence-corrected chi connectivity index (χ1v) is 6.55. The Balaban J connectivity index is 2.07. The average molecular weight is 277 g/mol. The smallest absolute Gasteiger partial charge is 0.339 e. The molecule has 21 heavy (non-hydrogen) atoms. The molecule has 4 nitrogen and oxygen atoms in total. The number of para-hydroxylation sites is 1. The minimum atomic E-state index is -0.981. The largest absolute Gasteiger partial charge is 0.478 e. The molecule has 0 saturated heterocycles. The molecular formula is C17H11NO3. The third-order valence-corrected chi connectivity index (χ3v) is 3.72. The van der Waals surface area contributed by atoms with Crippen LogP contribution in [-0.2, 0) is 0 Å². The molecule has 0 atom stereocenters. The maximum atomic E-state index is 11.2. The average Bonchev–Trinajstić information content (AvgIpc) is 3.12. The number of fused-ring (bicyclic) bond motifs is 2. The SMILES string of the molecule is O=C(O)c1coc2c(-c3cccc4[nH]ccc34)cccc12. The van der Waals surface area contributed by atoms with Crippen molar-refractivity contribution in [2.24, 2.45) is 0 Å². The number of carboxylic acid groups (broad SMARTS) is 1. The van der Waals surface area contributed by atoms with Crippen molar-refractivity contribution >= 4 is 27.8 Å². The van der Waals surface area contributed by atoms with Gasteiger partial charge in [-0.3, -0.25) is 0 Å². The van der Waals surface area contributed by atoms with E-state index >= 15 is 0 Å². The molecule has 0 aliphatic heterocycles. The number of hydrogen-bond acceptors (Lipinski definition) is 2. The van der Waals surface area contributed by atoms with Crippen LogP contribution >= 0.6 is 0 Å². The van der Waals surface area contributed by atoms with E-state index in [1.54, 1.807) is 6.07 Å². The molecule has 0 amide bonds. The van der Waals surface area contributed by atoms with Crippen molar-refractivity contribution in [3.63, 3.8) is 0 Å². The highest BCUT2D eigenvalue weighted by atomic mass is 16.4. The molecule has 0 spiro atoms. The fourth-order valence-corrected chi connectivity index (χ4v) is 2.76. The van der Waals surface area contributed by atoms with Gasteiger partial charge >= 0.3 is 5.97 Å². The van der Waals surface area contributed by atoms with Crippen LogP contribution < -0.4 is 0 Å². The normalized spacial score (nSPS) is 11.2. The van der Waals surface area contributed by atoms with Crippen molar-refractivity contribution < 1.29 is 14.3 Å². The molecule has 102 valence electrons. The fourth-order valence-electron chi connectivity index (χ4n) is 2.76. The number of rotatable bonds is 2. The van der Waals surface area contributed by atoms with Crippen LogP contribution in [0.25, 0.3) is 33.0 Å². The highest BCUT2D eigenvalue weighted by molar-refractivity contribution is 6.08. The molecule has 2 N–H and O–H groups in total. The summed E-state index contributed by atoms with van der Waals surface area (Å²) in [4.78, 5) is 14.4. The molecule has 4 aromatic rings. The zero-order chi connectivity index (χ0) is 14.4. The maximum Gasteiger partial charge on any atom is 0.339 e. The van der Waals surface area contributed by atoms with Crippen LogP contribution in [0.2, 0.25) is 0 Å². The molecule has 2 aromatic carbocycles. The third kappa shape index (κ3) is 1.66. The minimum Gasteiger partial charge on any atom is -0.478 e. The minimum absolute atomic E-state index is 0.188. The summed E-state index contributed by atoms with van der Waals surface area (Å²) < 4.78 is 5.53. The number of aromatic nitrogens is 1. The van der Waals surface area contributed by atoms with Crippen LogP contribution in [0.1, 0.15) is 10.4 Å². The summed E-state index contributed by atoms with van der Waals surface area (Å²) in [6.45, 7) is 0. The van der Waals surface area contributed by atoms with Crippen LogP contribution in [0.4, 0.5) is 0 Å². The van der Waals surface area contributed by atoms with Gasteiger partial charge in [0.05, 0.1) is 0 Å². The number of aromatic carboxylic acids is 1. The highest BCUT2D eigenvalue weighted by Gasteiger charge is 2.16. The Morgan fingerprint density at radius 3 is 2.67 bits per heavy atom. The second-order valence-electron chi connectivity index (χ2n) is 4.88. The number of H-pyrrole nitrogens is 1. The van der Waals surface area contributed by atoms with Crippen molar-refractivity contribution in [1.82, 2.24) is 4.98 Å². The van der Waals surface area contributed by atoms with Crippen LogP contribution in [0.3, 0.4) is 0 Å². The van der Waals surface area contributed by atoms with Gasteiger partial charge < -0.3 is 14.5 Å². The van der Waals surface area contributed by atoms with Crippen LogP contribution in [0, 0.1) is 0 Å². The Morgan fingerprint density at radius 1 is 1.00 bits per heavy atom. The van der Waals surface area contributed by atoms with E-state index in [4.69, 9.17) is 4.42 Å². The lowest BCUT2D eigenvalue weighted by Crippen LogP contribution is -1.93. The summed E-state index contributed by atoms with van der Waals surface area (Å²) in [5.74, 6) is -0.981. The number of aromatic amines is 1. The summed E-state index contributed by atoms with van der Waals surface area (Å²) >= 11 is 0. The molecule has 0 fully saturated rings. The van der Waals surface area contributed by atoms with Gasteiger partial charge in [-0.05, 0) is 17.7 Å². The van der Waals surface area contributed by atoms with Gasteiger partial charge in [0.15, 0.2) is 0 Å². The molecule has 2 heterocycles. The van der Waals surface area contributed by atoms with E-state index in [9.17, 15) is 9.90 Å². The van der Waals surface area contributed by atoms with Gasteiger partial charge in [0.1, 0.15) is 17.4 Å². The quantitative estimate of drug-likeness (QED) is 0.574. The summed E-state index contributed by atoms with van der Waals surface area (Å²) in [5, 5.41) is 10.9. The summed E-state index contributed by atoms with van der Waals surface area (Å²) in [5.41, 5.74) is 3.74. The molecule has 0 aliphatic rings. The lowest BCUT2D eigenvalue weighted by molar-refractivity contribution is 0.0698. The fraction of sp³-hybridized carbons (Fsp3) is 0. The maximum absolute atomic E-state index is 11.2. The van der Waals surface area contributed by atoms with Gasteiger partial charge in [0.25, 0.3) is 0 Å². The first-order valence-electron chi connectivity index (χ1n) is 6.55. The number of hydrogen-bond donors (Lipinski definition) is 2. The molecule has 0 bridgehead atoms. The van der Waals surface area contributed by atoms with E-state index in [1.165, 1.54) is 6.26 Å². The zero-order valence-corrected chi connectivity index (χ0v) is 11.0. The molecule has 4 heteroatoms. The van der Waals surface area contributed by atoms with Gasteiger partial charge in [-0.2, -0.15) is 0 Å². The van der Waals surface area contributed by atoms with Crippen molar-refractivity contribution in [3.8, 4) is 11.1 Å². The third-order valence-electron chi connectivity index (χ3n) is 3.72. The number of furan rings is 1. The molecule has 0 saturated carbocycles. The van der Waals surface area contributed by atoms with Gasteiger partial charge in [-0.25, -0.2) is 4.79 Å². The molecule has 0 unspecified atom stereocenters. The molecular weight excluding hydrogens is 266 g/mol. The monoisotopic (exact) mass is 277 g/mol. The molecule has 0 aliphatic carbocycles. The van der Waals surface area contributed by atoms with E-state index in [-0.39, 0.29) is 5.56 Å². The van der Waals surface area contributed by atoms with Crippen molar-refractivity contribution in [2.45, 2.75) is 0 Å². The molecule has 2 aromatic heterocycles. The Bertz CT molecular complexity index is 978. The summed E-state index contributed by atoms with van der Waals surface area (Å²) in [6.07, 6.45) is 3.19. The predicted molar refractivity (Wildman–Crippen MR) is 80.5 cm³/mol. The van der Waals surface area contributed by atoms with Gasteiger partial charge in [0.2, 0.25) is 0 Å². The van der Waals surface area contributed by atoms with E-state index < -0.39 is 5.97 Å². The summed E-state index contributed by atoms with van der Waals surface area (Å²) in [6, 6.07) is 13.5. The van der Waals surface area contributed by atoms with Crippen molar-refractivity contribution in [3.05, 3.63) is 60.5 Å². The predicted octanol–water partition coefficient (Wildman–Crippen LogP) is 4.28. The summed E-state index contributed by atoms with van der Waals surface area (Å²) in [7, 11) is 0. The second-order valence-corrected chi connectivity index (χ2v) is 4.88. The Hall–Kier alpha value is -3.01. The van der Waals surface area contributed by atoms with E-state index in [2.05, 4.69) is 4.98 Å². The van der Waals surface area contributed by atoms with E-state index in [1.807, 2.05) is 42.6 Å². The van der Waals surface area contributed by atoms with Gasteiger partial charge in [-0.1, -0.05) is 30.3 Å². The first-order chi connectivity index (χ1) is 10.3. The van der Waals surface area contributed by atoms with E-state index in [0.717, 1.165) is 22.0 Å².